The molecular weight excluding hydrogens is 759 g/mol. The molecule has 0 aliphatic rings. The van der Waals surface area contributed by atoms with E-state index >= 15 is 8.78 Å². The molecule has 20 heteroatoms. The maximum Gasteiger partial charge on any atom is 0.431 e. The van der Waals surface area contributed by atoms with E-state index in [4.69, 9.17) is 4.74 Å². The third-order valence-corrected chi connectivity index (χ3v) is 9.06. The lowest BCUT2D eigenvalue weighted by Crippen LogP contribution is -2.44. The first-order valence-corrected chi connectivity index (χ1v) is 17.7. The fourth-order valence-electron chi connectivity index (χ4n) is 4.80. The van der Waals surface area contributed by atoms with Gasteiger partial charge in [-0.25, -0.2) is 36.3 Å². The van der Waals surface area contributed by atoms with Crippen molar-refractivity contribution in [1.29, 1.82) is 0 Å². The summed E-state index contributed by atoms with van der Waals surface area (Å²) in [6, 6.07) is 6.74. The van der Waals surface area contributed by atoms with Crippen LogP contribution in [-0.2, 0) is 44.0 Å². The minimum absolute atomic E-state index is 0.174. The second kappa shape index (κ2) is 15.8. The van der Waals surface area contributed by atoms with E-state index < -0.39 is 85.5 Å². The van der Waals surface area contributed by atoms with Gasteiger partial charge in [0.2, 0.25) is 5.91 Å². The van der Waals surface area contributed by atoms with Crippen LogP contribution in [0.15, 0.2) is 75.3 Å². The van der Waals surface area contributed by atoms with Gasteiger partial charge in [-0.2, -0.15) is 13.2 Å². The molecule has 4 rings (SSSR count). The molecule has 0 saturated heterocycles. The van der Waals surface area contributed by atoms with Gasteiger partial charge < -0.3 is 15.4 Å². The van der Waals surface area contributed by atoms with Gasteiger partial charge in [0, 0.05) is 42.9 Å². The Hall–Kier alpha value is -5.92. The molecule has 4 aromatic rings. The maximum absolute atomic E-state index is 15.3. The molecule has 1 atom stereocenters. The number of nitrogens with one attached hydrogen (secondary N) is 3. The molecule has 14 nitrogen and oxygen atoms in total. The van der Waals surface area contributed by atoms with Crippen molar-refractivity contribution in [3.05, 3.63) is 110 Å². The topological polar surface area (TPSA) is 188 Å². The Labute approximate surface area is 310 Å². The quantitative estimate of drug-likeness (QED) is 0.147. The van der Waals surface area contributed by atoms with Gasteiger partial charge in [0.05, 0.1) is 22.3 Å². The molecular formula is C35H35F5N6O8S. The largest absolute Gasteiger partial charge is 0.461 e. The third-order valence-electron chi connectivity index (χ3n) is 7.68. The highest BCUT2D eigenvalue weighted by Crippen LogP contribution is 2.27. The Morgan fingerprint density at radius 2 is 1.56 bits per heavy atom. The number of benzene rings is 2. The van der Waals surface area contributed by atoms with Crippen molar-refractivity contribution < 1.29 is 49.5 Å². The minimum Gasteiger partial charge on any atom is -0.461 e. The standard InChI is InChI=1S/C35H35F5N6O8S/c1-18(2)54-31(49)26(13-19-7-12-28(41-17-19)46-29(47)16-27(35(38,39)40)45(6)33(46)51)43-30(48)22-14-24(37)25(15-23(22)36)44-55(52,53)21-10-8-20(9-11-21)42-32(50)34(3,4)5/h7-12,14-18,26,44H,13H2,1-6H3,(H,42,50)(H,43,48)/t26-/m0/s1. The number of hydrogen-bond acceptors (Lipinski definition) is 9. The molecule has 0 aliphatic heterocycles. The van der Waals surface area contributed by atoms with Crippen molar-refractivity contribution in [2.45, 2.75) is 64.3 Å². The van der Waals surface area contributed by atoms with E-state index in [0.717, 1.165) is 31.4 Å². The summed E-state index contributed by atoms with van der Waals surface area (Å²) in [6.07, 6.45) is -4.98. The highest BCUT2D eigenvalue weighted by atomic mass is 32.2. The number of carbonyl (C=O) groups is 3. The number of pyridine rings is 1. The molecule has 0 fully saturated rings. The van der Waals surface area contributed by atoms with Crippen LogP contribution in [0, 0.1) is 17.0 Å². The zero-order valence-corrected chi connectivity index (χ0v) is 30.9. The first-order chi connectivity index (χ1) is 25.4. The Bertz CT molecular complexity index is 2350. The Balaban J connectivity index is 1.54. The Kier molecular flexibility index (Phi) is 12.0. The predicted molar refractivity (Wildman–Crippen MR) is 188 cm³/mol. The average molecular weight is 795 g/mol. The van der Waals surface area contributed by atoms with Gasteiger partial charge in [-0.3, -0.25) is 23.7 Å². The van der Waals surface area contributed by atoms with Crippen LogP contribution in [-0.4, -0.2) is 52.5 Å². The lowest BCUT2D eigenvalue weighted by Gasteiger charge is -2.20. The number of nitrogens with zero attached hydrogens (tertiary/aromatic N) is 3. The number of aromatic nitrogens is 3. The number of hydrogen-bond donors (Lipinski definition) is 3. The Morgan fingerprint density at radius 1 is 0.927 bits per heavy atom. The molecule has 0 saturated carbocycles. The summed E-state index contributed by atoms with van der Waals surface area (Å²) in [7, 11) is -3.67. The molecule has 2 heterocycles. The summed E-state index contributed by atoms with van der Waals surface area (Å²) in [5.74, 6) is -5.71. The lowest BCUT2D eigenvalue weighted by molar-refractivity contribution is -0.149. The van der Waals surface area contributed by atoms with E-state index in [1.807, 2.05) is 4.72 Å². The van der Waals surface area contributed by atoms with Gasteiger partial charge in [-0.05, 0) is 55.8 Å². The highest BCUT2D eigenvalue weighted by Gasteiger charge is 2.35. The smallest absolute Gasteiger partial charge is 0.431 e. The first kappa shape index (κ1) is 41.8. The van der Waals surface area contributed by atoms with Crippen LogP contribution in [0.2, 0.25) is 0 Å². The summed E-state index contributed by atoms with van der Waals surface area (Å²) < 4.78 is 104. The van der Waals surface area contributed by atoms with Gasteiger partial charge in [0.1, 0.15) is 29.2 Å². The lowest BCUT2D eigenvalue weighted by atomic mass is 9.95. The molecule has 2 aromatic heterocycles. The van der Waals surface area contributed by atoms with E-state index in [2.05, 4.69) is 15.6 Å². The molecule has 294 valence electrons. The van der Waals surface area contributed by atoms with Crippen LogP contribution < -0.4 is 26.6 Å². The molecule has 0 bridgehead atoms. The van der Waals surface area contributed by atoms with E-state index in [-0.39, 0.29) is 44.9 Å². The van der Waals surface area contributed by atoms with Gasteiger partial charge in [0.25, 0.3) is 21.5 Å². The summed E-state index contributed by atoms with van der Waals surface area (Å²) in [5, 5.41) is 4.86. The fourth-order valence-corrected chi connectivity index (χ4v) is 5.85. The number of ether oxygens (including phenoxy) is 1. The van der Waals surface area contributed by atoms with Crippen molar-refractivity contribution in [2.75, 3.05) is 10.0 Å². The number of halogens is 5. The fraction of sp³-hybridized carbons (Fsp3) is 0.314. The number of esters is 1. The second-order valence-corrected chi connectivity index (χ2v) is 15.1. The third kappa shape index (κ3) is 9.99. The van der Waals surface area contributed by atoms with Crippen LogP contribution in [0.25, 0.3) is 5.82 Å². The van der Waals surface area contributed by atoms with Crippen LogP contribution in [0.5, 0.6) is 0 Å². The van der Waals surface area contributed by atoms with Crippen molar-refractivity contribution >= 4 is 39.2 Å². The molecule has 3 N–H and O–H groups in total. The molecule has 0 unspecified atom stereocenters. The van der Waals surface area contributed by atoms with E-state index in [1.165, 1.54) is 32.0 Å². The number of carbonyl (C=O) groups excluding carboxylic acids is 3. The first-order valence-electron chi connectivity index (χ1n) is 16.2. The highest BCUT2D eigenvalue weighted by molar-refractivity contribution is 7.92. The molecule has 2 amide bonds. The van der Waals surface area contributed by atoms with Gasteiger partial charge in [0.15, 0.2) is 0 Å². The normalized spacial score (nSPS) is 12.6. The SMILES string of the molecule is CC(C)OC(=O)[C@H](Cc1ccc(-n2c(=O)cc(C(F)(F)F)n(C)c2=O)nc1)NC(=O)c1cc(F)c(NS(=O)(=O)c2ccc(NC(=O)C(C)(C)C)cc2)cc1F. The van der Waals surface area contributed by atoms with E-state index in [9.17, 15) is 45.6 Å². The molecule has 0 aliphatic carbocycles. The van der Waals surface area contributed by atoms with Crippen molar-refractivity contribution in [2.24, 2.45) is 12.5 Å². The van der Waals surface area contributed by atoms with Gasteiger partial charge in [-0.15, -0.1) is 0 Å². The molecule has 0 radical (unpaired) electrons. The average Bonchev–Trinajstić information content (AvgIpc) is 3.07. The van der Waals surface area contributed by atoms with Crippen molar-refractivity contribution in [3.8, 4) is 5.82 Å². The number of rotatable bonds is 11. The van der Waals surface area contributed by atoms with Crippen molar-refractivity contribution in [3.63, 3.8) is 0 Å². The van der Waals surface area contributed by atoms with Crippen LogP contribution in [0.4, 0.5) is 33.3 Å². The number of anilines is 2. The number of sulfonamides is 1. The number of amides is 2. The zero-order valence-electron chi connectivity index (χ0n) is 30.0. The van der Waals surface area contributed by atoms with E-state index in [0.29, 0.717) is 16.7 Å². The van der Waals surface area contributed by atoms with Crippen LogP contribution >= 0.6 is 0 Å². The molecule has 0 spiro atoms. The number of alkyl halides is 3. The summed E-state index contributed by atoms with van der Waals surface area (Å²) in [4.78, 5) is 67.0. The van der Waals surface area contributed by atoms with Gasteiger partial charge >= 0.3 is 17.8 Å². The van der Waals surface area contributed by atoms with Crippen LogP contribution in [0.1, 0.15) is 56.2 Å². The Morgan fingerprint density at radius 3 is 2.11 bits per heavy atom. The molecule has 55 heavy (non-hydrogen) atoms. The maximum atomic E-state index is 15.3. The van der Waals surface area contributed by atoms with Crippen molar-refractivity contribution in [1.82, 2.24) is 19.4 Å². The summed E-state index contributed by atoms with van der Waals surface area (Å²) in [6.45, 7) is 8.05. The molecule has 2 aromatic carbocycles. The monoisotopic (exact) mass is 794 g/mol. The summed E-state index contributed by atoms with van der Waals surface area (Å²) >= 11 is 0. The van der Waals surface area contributed by atoms with Crippen LogP contribution in [0.3, 0.4) is 0 Å². The second-order valence-electron chi connectivity index (χ2n) is 13.4. The zero-order chi connectivity index (χ0) is 41.2. The predicted octanol–water partition coefficient (Wildman–Crippen LogP) is 4.31. The summed E-state index contributed by atoms with van der Waals surface area (Å²) in [5.41, 5.74) is -6.14. The van der Waals surface area contributed by atoms with E-state index in [1.54, 1.807) is 20.8 Å². The minimum atomic E-state index is -4.98. The van der Waals surface area contributed by atoms with Gasteiger partial charge in [-0.1, -0.05) is 26.8 Å².